The third kappa shape index (κ3) is 6.32. The normalized spacial score (nSPS) is 23.5. The van der Waals surface area contributed by atoms with Crippen LogP contribution in [0.1, 0.15) is 57.8 Å². The van der Waals surface area contributed by atoms with Crippen molar-refractivity contribution in [2.75, 3.05) is 26.2 Å². The largest absolute Gasteiger partial charge is 0.388 e. The van der Waals surface area contributed by atoms with E-state index < -0.39 is 5.60 Å². The molecule has 1 aliphatic heterocycles. The van der Waals surface area contributed by atoms with Gasteiger partial charge in [-0.15, -0.1) is 0 Å². The van der Waals surface area contributed by atoms with Crippen LogP contribution in [-0.4, -0.2) is 49.0 Å². The molecular weight excluding hydrogens is 268 g/mol. The Labute approximate surface area is 127 Å². The molecule has 5 nitrogen and oxygen atoms in total. The summed E-state index contributed by atoms with van der Waals surface area (Å²) in [5, 5.41) is 16.6. The molecule has 0 unspecified atom stereocenters. The topological polar surface area (TPSA) is 70.6 Å². The molecule has 1 saturated carbocycles. The number of hydrogen-bond acceptors (Lipinski definition) is 4. The van der Waals surface area contributed by atoms with E-state index in [1.165, 1.54) is 12.8 Å². The summed E-state index contributed by atoms with van der Waals surface area (Å²) in [4.78, 5) is 11.8. The van der Waals surface area contributed by atoms with Crippen LogP contribution >= 0.6 is 0 Å². The lowest BCUT2D eigenvalue weighted by molar-refractivity contribution is -0.124. The molecule has 2 aliphatic rings. The van der Waals surface area contributed by atoms with E-state index in [1.54, 1.807) is 0 Å². The number of carbonyl (C=O) groups is 1. The summed E-state index contributed by atoms with van der Waals surface area (Å²) >= 11 is 0. The van der Waals surface area contributed by atoms with Gasteiger partial charge in [0.15, 0.2) is 0 Å². The maximum Gasteiger partial charge on any atom is 0.222 e. The van der Waals surface area contributed by atoms with Crippen molar-refractivity contribution in [1.29, 1.82) is 0 Å². The van der Waals surface area contributed by atoms with Gasteiger partial charge in [-0.25, -0.2) is 0 Å². The summed E-state index contributed by atoms with van der Waals surface area (Å²) in [5.74, 6) is -0.0124. The van der Waals surface area contributed by atoms with E-state index >= 15 is 0 Å². The second-order valence-corrected chi connectivity index (χ2v) is 6.49. The maximum atomic E-state index is 11.8. The number of ether oxygens (including phenoxy) is 1. The number of rotatable bonds is 6. The average Bonchev–Trinajstić information content (AvgIpc) is 2.72. The smallest absolute Gasteiger partial charge is 0.222 e. The number of carbonyl (C=O) groups excluding carboxylic acids is 1. The molecule has 2 fully saturated rings. The van der Waals surface area contributed by atoms with Gasteiger partial charge in [-0.1, -0.05) is 25.7 Å². The van der Waals surface area contributed by atoms with Crippen molar-refractivity contribution in [3.05, 3.63) is 0 Å². The van der Waals surface area contributed by atoms with Crippen molar-refractivity contribution in [3.8, 4) is 0 Å². The van der Waals surface area contributed by atoms with Crippen LogP contribution in [0.4, 0.5) is 0 Å². The molecule has 1 heterocycles. The minimum atomic E-state index is -0.692. The van der Waals surface area contributed by atoms with E-state index in [0.717, 1.165) is 51.6 Å². The zero-order chi connectivity index (χ0) is 15.0. The number of aliphatic hydroxyl groups is 1. The fraction of sp³-hybridized carbons (Fsp3) is 0.938. The fourth-order valence-electron chi connectivity index (χ4n) is 3.20. The second kappa shape index (κ2) is 8.71. The first-order valence-electron chi connectivity index (χ1n) is 8.49. The van der Waals surface area contributed by atoms with Crippen LogP contribution in [0.3, 0.4) is 0 Å². The number of amides is 1. The summed E-state index contributed by atoms with van der Waals surface area (Å²) in [6, 6.07) is 0. The summed E-state index contributed by atoms with van der Waals surface area (Å²) in [6.07, 6.45) is 8.86. The molecule has 0 spiro atoms. The third-order valence-corrected chi connectivity index (χ3v) is 4.62. The lowest BCUT2D eigenvalue weighted by atomic mass is 9.94. The van der Waals surface area contributed by atoms with Crippen molar-refractivity contribution in [2.24, 2.45) is 0 Å². The molecule has 1 aliphatic carbocycles. The van der Waals surface area contributed by atoms with Crippen molar-refractivity contribution in [1.82, 2.24) is 10.6 Å². The van der Waals surface area contributed by atoms with Gasteiger partial charge >= 0.3 is 0 Å². The molecule has 1 amide bonds. The molecule has 1 saturated heterocycles. The number of piperidine rings is 1. The van der Waals surface area contributed by atoms with Gasteiger partial charge in [0.05, 0.1) is 18.3 Å². The summed E-state index contributed by atoms with van der Waals surface area (Å²) in [6.45, 7) is 2.88. The zero-order valence-electron chi connectivity index (χ0n) is 13.0. The average molecular weight is 298 g/mol. The van der Waals surface area contributed by atoms with Gasteiger partial charge in [-0.3, -0.25) is 4.79 Å². The van der Waals surface area contributed by atoms with Gasteiger partial charge in [-0.2, -0.15) is 0 Å². The van der Waals surface area contributed by atoms with Gasteiger partial charge in [0.2, 0.25) is 5.91 Å². The predicted octanol–water partition coefficient (Wildman–Crippen LogP) is 1.35. The van der Waals surface area contributed by atoms with Crippen LogP contribution in [-0.2, 0) is 9.53 Å². The van der Waals surface area contributed by atoms with E-state index in [2.05, 4.69) is 10.6 Å². The summed E-state index contributed by atoms with van der Waals surface area (Å²) in [7, 11) is 0. The maximum absolute atomic E-state index is 11.8. The van der Waals surface area contributed by atoms with E-state index in [4.69, 9.17) is 4.74 Å². The lowest BCUT2D eigenvalue weighted by Crippen LogP contribution is -2.43. The van der Waals surface area contributed by atoms with Crippen molar-refractivity contribution in [2.45, 2.75) is 69.5 Å². The second-order valence-electron chi connectivity index (χ2n) is 6.49. The molecule has 0 aromatic heterocycles. The van der Waals surface area contributed by atoms with Crippen molar-refractivity contribution >= 4 is 5.91 Å². The molecule has 3 N–H and O–H groups in total. The molecule has 0 bridgehead atoms. The standard InChI is InChI=1S/C16H30N2O3/c19-15(7-12-21-14-5-10-17-11-6-14)18-13-16(20)8-3-1-2-4-9-16/h14,17,20H,1-13H2,(H,18,19). The number of nitrogens with one attached hydrogen (secondary N) is 2. The highest BCUT2D eigenvalue weighted by molar-refractivity contribution is 5.76. The lowest BCUT2D eigenvalue weighted by Gasteiger charge is -2.27. The third-order valence-electron chi connectivity index (χ3n) is 4.62. The molecule has 0 aromatic rings. The Bertz CT molecular complexity index is 309. The zero-order valence-corrected chi connectivity index (χ0v) is 13.0. The van der Waals surface area contributed by atoms with E-state index in [1.807, 2.05) is 0 Å². The summed E-state index contributed by atoms with van der Waals surface area (Å²) in [5.41, 5.74) is -0.692. The Balaban J connectivity index is 1.58. The van der Waals surface area contributed by atoms with Gasteiger partial charge < -0.3 is 20.5 Å². The van der Waals surface area contributed by atoms with Crippen LogP contribution in [0.15, 0.2) is 0 Å². The van der Waals surface area contributed by atoms with Crippen LogP contribution in [0.5, 0.6) is 0 Å². The highest BCUT2D eigenvalue weighted by Gasteiger charge is 2.28. The minimum absolute atomic E-state index is 0.0124. The Morgan fingerprint density at radius 1 is 1.19 bits per heavy atom. The van der Waals surface area contributed by atoms with E-state index in [-0.39, 0.29) is 5.91 Å². The van der Waals surface area contributed by atoms with Crippen molar-refractivity contribution < 1.29 is 14.6 Å². The molecule has 5 heteroatoms. The predicted molar refractivity (Wildman–Crippen MR) is 82.1 cm³/mol. The molecule has 2 rings (SSSR count). The van der Waals surface area contributed by atoms with Crippen LogP contribution in [0.25, 0.3) is 0 Å². The van der Waals surface area contributed by atoms with Gasteiger partial charge in [0.1, 0.15) is 0 Å². The monoisotopic (exact) mass is 298 g/mol. The Kier molecular flexibility index (Phi) is 6.93. The molecule has 0 aromatic carbocycles. The first-order valence-corrected chi connectivity index (χ1v) is 8.49. The Morgan fingerprint density at radius 2 is 1.86 bits per heavy atom. The molecule has 0 atom stereocenters. The molecule has 122 valence electrons. The van der Waals surface area contributed by atoms with Crippen LogP contribution in [0, 0.1) is 0 Å². The quantitative estimate of drug-likeness (QED) is 0.647. The highest BCUT2D eigenvalue weighted by Crippen LogP contribution is 2.26. The minimum Gasteiger partial charge on any atom is -0.388 e. The van der Waals surface area contributed by atoms with Crippen LogP contribution < -0.4 is 10.6 Å². The van der Waals surface area contributed by atoms with E-state index in [9.17, 15) is 9.90 Å². The highest BCUT2D eigenvalue weighted by atomic mass is 16.5. The van der Waals surface area contributed by atoms with Gasteiger partial charge in [-0.05, 0) is 38.8 Å². The number of hydrogen-bond donors (Lipinski definition) is 3. The first kappa shape index (κ1) is 16.7. The Morgan fingerprint density at radius 3 is 2.52 bits per heavy atom. The first-order chi connectivity index (χ1) is 10.2. The molecular formula is C16H30N2O3. The van der Waals surface area contributed by atoms with E-state index in [0.29, 0.717) is 25.7 Å². The molecule has 0 radical (unpaired) electrons. The Hall–Kier alpha value is -0.650. The fourth-order valence-corrected chi connectivity index (χ4v) is 3.20. The van der Waals surface area contributed by atoms with Gasteiger partial charge in [0.25, 0.3) is 0 Å². The van der Waals surface area contributed by atoms with Crippen LogP contribution in [0.2, 0.25) is 0 Å². The summed E-state index contributed by atoms with van der Waals surface area (Å²) < 4.78 is 5.73. The van der Waals surface area contributed by atoms with Gasteiger partial charge in [0, 0.05) is 13.0 Å². The molecule has 21 heavy (non-hydrogen) atoms. The SMILES string of the molecule is O=C(CCOC1CCNCC1)NCC1(O)CCCCCC1. The van der Waals surface area contributed by atoms with Crippen molar-refractivity contribution in [3.63, 3.8) is 0 Å².